The number of rotatable bonds is 6. The van der Waals surface area contributed by atoms with Crippen molar-refractivity contribution in [2.75, 3.05) is 0 Å². The molecule has 3 nitrogen and oxygen atoms in total. The van der Waals surface area contributed by atoms with Crippen molar-refractivity contribution in [3.63, 3.8) is 0 Å². The molecule has 0 aliphatic carbocycles. The van der Waals surface area contributed by atoms with Crippen molar-refractivity contribution in [2.45, 2.75) is 5.54 Å². The Balaban J connectivity index is 1.92. The van der Waals surface area contributed by atoms with Gasteiger partial charge in [0.2, 0.25) is 0 Å². The van der Waals surface area contributed by atoms with Gasteiger partial charge in [0.15, 0.2) is 5.54 Å². The van der Waals surface area contributed by atoms with E-state index >= 15 is 0 Å². The third-order valence-corrected chi connectivity index (χ3v) is 5.20. The molecule has 0 radical (unpaired) electrons. The summed E-state index contributed by atoms with van der Waals surface area (Å²) in [6, 6.07) is 37.2. The third-order valence-electron chi connectivity index (χ3n) is 4.98. The van der Waals surface area contributed by atoms with E-state index in [1.165, 1.54) is 0 Å². The summed E-state index contributed by atoms with van der Waals surface area (Å²) in [6.07, 6.45) is 0. The van der Waals surface area contributed by atoms with E-state index in [9.17, 15) is 4.79 Å². The minimum atomic E-state index is -0.815. The first-order valence-electron chi connectivity index (χ1n) is 9.59. The van der Waals surface area contributed by atoms with Crippen molar-refractivity contribution in [3.05, 3.63) is 138 Å². The number of azo groups is 1. The maximum atomic E-state index is 11.3. The molecule has 4 rings (SSSR count). The zero-order chi connectivity index (χ0) is 20.8. The van der Waals surface area contributed by atoms with Crippen LogP contribution in [0.4, 0.5) is 5.69 Å². The largest absolute Gasteiger partial charge is 0.276 e. The molecule has 4 heteroatoms. The molecule has 4 aromatic rings. The molecule has 0 aliphatic rings. The molecule has 0 saturated carbocycles. The van der Waals surface area contributed by atoms with Crippen LogP contribution in [-0.4, -0.2) is 5.24 Å². The van der Waals surface area contributed by atoms with Gasteiger partial charge in [0, 0.05) is 5.56 Å². The minimum absolute atomic E-state index is 0.427. The molecule has 0 heterocycles. The molecule has 0 saturated heterocycles. The highest BCUT2D eigenvalue weighted by Crippen LogP contribution is 2.41. The van der Waals surface area contributed by atoms with Gasteiger partial charge in [0.1, 0.15) is 0 Å². The molecular formula is C26H19ClN2O. The van der Waals surface area contributed by atoms with E-state index in [4.69, 9.17) is 16.7 Å². The summed E-state index contributed by atoms with van der Waals surface area (Å²) >= 11 is 5.55. The normalized spacial score (nSPS) is 11.5. The number of carbonyl (C=O) groups excluding carboxylic acids is 1. The number of hydrogen-bond acceptors (Lipinski definition) is 3. The Morgan fingerprint density at radius 3 is 1.37 bits per heavy atom. The quantitative estimate of drug-likeness (QED) is 0.189. The molecule has 146 valence electrons. The van der Waals surface area contributed by atoms with Crippen LogP contribution in [0, 0.1) is 0 Å². The predicted molar refractivity (Wildman–Crippen MR) is 120 cm³/mol. The topological polar surface area (TPSA) is 41.8 Å². The lowest BCUT2D eigenvalue weighted by Gasteiger charge is -2.30. The van der Waals surface area contributed by atoms with Gasteiger partial charge in [-0.1, -0.05) is 91.0 Å². The van der Waals surface area contributed by atoms with Gasteiger partial charge < -0.3 is 0 Å². The van der Waals surface area contributed by atoms with Crippen LogP contribution in [0.2, 0.25) is 0 Å². The van der Waals surface area contributed by atoms with Gasteiger partial charge in [-0.15, -0.1) is 0 Å². The highest BCUT2D eigenvalue weighted by atomic mass is 35.5. The Kier molecular flexibility index (Phi) is 5.82. The monoisotopic (exact) mass is 410 g/mol. The summed E-state index contributed by atoms with van der Waals surface area (Å²) in [6.45, 7) is 0. The van der Waals surface area contributed by atoms with Crippen molar-refractivity contribution in [1.82, 2.24) is 0 Å². The number of halogens is 1. The van der Waals surface area contributed by atoms with E-state index < -0.39 is 10.8 Å². The number of carbonyl (C=O) groups is 1. The van der Waals surface area contributed by atoms with Crippen molar-refractivity contribution in [3.8, 4) is 0 Å². The molecule has 0 bridgehead atoms. The Morgan fingerprint density at radius 1 is 0.600 bits per heavy atom. The average Bonchev–Trinajstić information content (AvgIpc) is 2.82. The number of hydrogen-bond donors (Lipinski definition) is 0. The molecule has 0 aliphatic heterocycles. The molecule has 0 unspecified atom stereocenters. The average molecular weight is 411 g/mol. The molecule has 0 amide bonds. The van der Waals surface area contributed by atoms with E-state index in [1.54, 1.807) is 24.3 Å². The molecule has 30 heavy (non-hydrogen) atoms. The second-order valence-electron chi connectivity index (χ2n) is 6.83. The summed E-state index contributed by atoms with van der Waals surface area (Å²) in [4.78, 5) is 11.3. The first-order valence-corrected chi connectivity index (χ1v) is 9.97. The van der Waals surface area contributed by atoms with Crippen molar-refractivity contribution >= 4 is 22.5 Å². The van der Waals surface area contributed by atoms with Crippen LogP contribution in [-0.2, 0) is 5.54 Å². The maximum Gasteiger partial charge on any atom is 0.252 e. The van der Waals surface area contributed by atoms with E-state index in [2.05, 4.69) is 41.5 Å². The summed E-state index contributed by atoms with van der Waals surface area (Å²) in [5.74, 6) is 0. The fourth-order valence-electron chi connectivity index (χ4n) is 3.50. The standard InChI is InChI=1S/C26H19ClN2O/c27-25(30)20-16-18-24(19-17-20)28-29-26(21-10-4-1-5-11-21,22-12-6-2-7-13-22)23-14-8-3-9-15-23/h1-19H. The zero-order valence-corrected chi connectivity index (χ0v) is 16.9. The zero-order valence-electron chi connectivity index (χ0n) is 16.2. The lowest BCUT2D eigenvalue weighted by atomic mass is 9.78. The first-order chi connectivity index (χ1) is 14.7. The van der Waals surface area contributed by atoms with Gasteiger partial charge in [0.05, 0.1) is 5.69 Å². The molecule has 0 fully saturated rings. The molecular weight excluding hydrogens is 392 g/mol. The molecule has 4 aromatic carbocycles. The Hall–Kier alpha value is -3.56. The highest BCUT2D eigenvalue weighted by molar-refractivity contribution is 6.67. The smallest absolute Gasteiger partial charge is 0.252 e. The lowest BCUT2D eigenvalue weighted by molar-refractivity contribution is 0.108. The maximum absolute atomic E-state index is 11.3. The second-order valence-corrected chi connectivity index (χ2v) is 7.17. The predicted octanol–water partition coefficient (Wildman–Crippen LogP) is 7.14. The van der Waals surface area contributed by atoms with Crippen molar-refractivity contribution < 1.29 is 4.79 Å². The molecule has 0 aromatic heterocycles. The summed E-state index contributed by atoms with van der Waals surface area (Å²) in [5.41, 5.74) is 3.29. The SMILES string of the molecule is O=C(Cl)c1ccc(N=NC(c2ccccc2)(c2ccccc2)c2ccccc2)cc1. The second kappa shape index (κ2) is 8.85. The van der Waals surface area contributed by atoms with Gasteiger partial charge in [-0.2, -0.15) is 10.2 Å². The van der Waals surface area contributed by atoms with E-state index in [1.807, 2.05) is 54.6 Å². The van der Waals surface area contributed by atoms with Crippen molar-refractivity contribution in [2.24, 2.45) is 10.2 Å². The van der Waals surface area contributed by atoms with E-state index in [0.717, 1.165) is 16.7 Å². The summed E-state index contributed by atoms with van der Waals surface area (Å²) in [7, 11) is 0. The number of nitrogens with zero attached hydrogens (tertiary/aromatic N) is 2. The van der Waals surface area contributed by atoms with Crippen LogP contribution in [0.1, 0.15) is 27.0 Å². The third kappa shape index (κ3) is 3.93. The van der Waals surface area contributed by atoms with Crippen molar-refractivity contribution in [1.29, 1.82) is 0 Å². The first kappa shape index (κ1) is 19.7. The van der Waals surface area contributed by atoms with E-state index in [-0.39, 0.29) is 0 Å². The van der Waals surface area contributed by atoms with Crippen LogP contribution >= 0.6 is 11.6 Å². The number of benzene rings is 4. The molecule has 0 N–H and O–H groups in total. The summed E-state index contributed by atoms with van der Waals surface area (Å²) in [5, 5.41) is 9.00. The Labute approximate surface area is 180 Å². The lowest BCUT2D eigenvalue weighted by Crippen LogP contribution is -2.26. The van der Waals surface area contributed by atoms with Crippen LogP contribution in [0.3, 0.4) is 0 Å². The van der Waals surface area contributed by atoms with Crippen LogP contribution in [0.15, 0.2) is 125 Å². The Bertz CT molecular complexity index is 1050. The van der Waals surface area contributed by atoms with Gasteiger partial charge in [0.25, 0.3) is 5.24 Å². The summed E-state index contributed by atoms with van der Waals surface area (Å²) < 4.78 is 0. The highest BCUT2D eigenvalue weighted by Gasteiger charge is 2.36. The minimum Gasteiger partial charge on any atom is -0.276 e. The van der Waals surface area contributed by atoms with Crippen LogP contribution in [0.5, 0.6) is 0 Å². The van der Waals surface area contributed by atoms with Gasteiger partial charge in [-0.25, -0.2) is 0 Å². The fraction of sp³-hybridized carbons (Fsp3) is 0.0385. The van der Waals surface area contributed by atoms with Crippen LogP contribution < -0.4 is 0 Å². The molecule has 0 spiro atoms. The van der Waals surface area contributed by atoms with Crippen LogP contribution in [0.25, 0.3) is 0 Å². The molecule has 0 atom stereocenters. The van der Waals surface area contributed by atoms with E-state index in [0.29, 0.717) is 11.3 Å². The fourth-order valence-corrected chi connectivity index (χ4v) is 3.63. The van der Waals surface area contributed by atoms with Gasteiger partial charge in [-0.3, -0.25) is 4.79 Å². The van der Waals surface area contributed by atoms with Gasteiger partial charge >= 0.3 is 0 Å². The Morgan fingerprint density at radius 2 is 1.00 bits per heavy atom. The van der Waals surface area contributed by atoms with Gasteiger partial charge in [-0.05, 0) is 52.6 Å².